The second-order valence-electron chi connectivity index (χ2n) is 9.05. The van der Waals surface area contributed by atoms with E-state index in [0.29, 0.717) is 0 Å². The fourth-order valence-electron chi connectivity index (χ4n) is 4.74. The molecule has 0 aromatic heterocycles. The lowest BCUT2D eigenvalue weighted by molar-refractivity contribution is 0.491. The molecule has 0 radical (unpaired) electrons. The Hall–Kier alpha value is -4.02. The van der Waals surface area contributed by atoms with Crippen LogP contribution >= 0.6 is 15.8 Å². The monoisotopic (exact) mass is 568 g/mol. The van der Waals surface area contributed by atoms with Gasteiger partial charge in [0.15, 0.2) is 0 Å². The van der Waals surface area contributed by atoms with Crippen LogP contribution in [0, 0.1) is 0 Å². The van der Waals surface area contributed by atoms with Crippen LogP contribution in [0.15, 0.2) is 170 Å². The van der Waals surface area contributed by atoms with E-state index in [4.69, 9.17) is 4.74 Å². The average molecular weight is 569 g/mol. The maximum Gasteiger partial charge on any atom is 0.135 e. The van der Waals surface area contributed by atoms with Gasteiger partial charge < -0.3 is 4.74 Å². The Labute approximate surface area is 247 Å². The summed E-state index contributed by atoms with van der Waals surface area (Å²) in [6.07, 6.45) is 0. The molecule has 1 nitrogen and oxygen atoms in total. The van der Waals surface area contributed by atoms with Crippen molar-refractivity contribution in [1.82, 2.24) is 0 Å². The summed E-state index contributed by atoms with van der Waals surface area (Å²) in [6, 6.07) is 60.2. The largest absolute Gasteiger partial charge is 0.456 e. The minimum Gasteiger partial charge on any atom is -0.456 e. The van der Waals surface area contributed by atoms with Gasteiger partial charge in [0.1, 0.15) is 11.5 Å². The summed E-state index contributed by atoms with van der Waals surface area (Å²) in [6.45, 7) is 4.00. The first kappa shape index (κ1) is 28.5. The lowest BCUT2D eigenvalue weighted by Gasteiger charge is -2.25. The van der Waals surface area contributed by atoms with E-state index in [9.17, 15) is 0 Å². The zero-order chi connectivity index (χ0) is 28.3. The van der Waals surface area contributed by atoms with Crippen molar-refractivity contribution < 1.29 is 4.74 Å². The number of hydrogen-bond donors (Lipinski definition) is 0. The topological polar surface area (TPSA) is 9.23 Å². The zero-order valence-electron chi connectivity index (χ0n) is 23.5. The molecule has 0 bridgehead atoms. The van der Waals surface area contributed by atoms with E-state index in [0.717, 1.165) is 11.5 Å². The number of benzene rings is 6. The second-order valence-corrected chi connectivity index (χ2v) is 13.4. The summed E-state index contributed by atoms with van der Waals surface area (Å²) < 4.78 is 6.92. The van der Waals surface area contributed by atoms with Crippen LogP contribution in [0.1, 0.15) is 13.8 Å². The predicted octanol–water partition coefficient (Wildman–Crippen LogP) is 8.02. The summed E-state index contributed by atoms with van der Waals surface area (Å²) in [4.78, 5) is 0. The maximum absolute atomic E-state index is 6.92. The molecule has 6 aromatic rings. The van der Waals surface area contributed by atoms with Crippen molar-refractivity contribution in [3.8, 4) is 11.5 Å². The Morgan fingerprint density at radius 3 is 0.854 bits per heavy atom. The summed E-state index contributed by atoms with van der Waals surface area (Å²) in [5.41, 5.74) is 0. The summed E-state index contributed by atoms with van der Waals surface area (Å²) in [5.74, 6) is 1.81. The van der Waals surface area contributed by atoms with Gasteiger partial charge in [-0.05, 0) is 49.2 Å². The van der Waals surface area contributed by atoms with Crippen LogP contribution in [0.2, 0.25) is 0 Å². The molecular weight excluding hydrogens is 534 g/mol. The Bertz CT molecular complexity index is 1420. The van der Waals surface area contributed by atoms with Gasteiger partial charge in [-0.2, -0.15) is 0 Å². The molecule has 0 saturated carbocycles. The molecule has 0 unspecified atom stereocenters. The molecule has 3 heteroatoms. The average Bonchev–Trinajstić information content (AvgIpc) is 3.06. The second kappa shape index (κ2) is 14.6. The van der Waals surface area contributed by atoms with Crippen molar-refractivity contribution >= 4 is 47.7 Å². The normalized spacial score (nSPS) is 10.6. The Balaban J connectivity index is 0.00000165. The smallest absolute Gasteiger partial charge is 0.135 e. The van der Waals surface area contributed by atoms with Crippen molar-refractivity contribution in [3.05, 3.63) is 170 Å². The minimum atomic E-state index is -0.795. The third-order valence-corrected chi connectivity index (χ3v) is 11.5. The highest BCUT2D eigenvalue weighted by atomic mass is 31.1. The van der Waals surface area contributed by atoms with Gasteiger partial charge in [-0.15, -0.1) is 0 Å². The molecule has 0 heterocycles. The van der Waals surface area contributed by atoms with Gasteiger partial charge in [0.2, 0.25) is 0 Å². The molecule has 0 N–H and O–H groups in total. The Kier molecular flexibility index (Phi) is 10.1. The van der Waals surface area contributed by atoms with Crippen LogP contribution in [0.4, 0.5) is 0 Å². The molecule has 0 fully saturated rings. The third-order valence-electron chi connectivity index (χ3n) is 6.49. The molecule has 0 aliphatic rings. The summed E-state index contributed by atoms with van der Waals surface area (Å²) >= 11 is 0. The summed E-state index contributed by atoms with van der Waals surface area (Å²) in [7, 11) is -1.59. The molecule has 0 amide bonds. The van der Waals surface area contributed by atoms with Gasteiger partial charge in [-0.3, -0.25) is 0 Å². The fraction of sp³-hybridized carbons (Fsp3) is 0.0526. The summed E-state index contributed by atoms with van der Waals surface area (Å²) in [5, 5.41) is 7.64. The minimum absolute atomic E-state index is 0.795. The van der Waals surface area contributed by atoms with E-state index >= 15 is 0 Å². The standard InChI is InChI=1S/C36H28OP2.C2H6/c1-5-17-29(18-6-1)38(30-19-7-2-8-20-30)35-27-15-13-25-33(35)37-34-26-14-16-28-36(34)39(31-21-9-3-10-22-31)32-23-11-4-12-24-32;1-2/h1-28H;1-2H3. The van der Waals surface area contributed by atoms with Gasteiger partial charge in [0.05, 0.1) is 0 Å². The van der Waals surface area contributed by atoms with Crippen LogP contribution in [0.5, 0.6) is 11.5 Å². The van der Waals surface area contributed by atoms with E-state index < -0.39 is 15.8 Å². The van der Waals surface area contributed by atoms with Crippen LogP contribution in [0.3, 0.4) is 0 Å². The van der Waals surface area contributed by atoms with Crippen LogP contribution < -0.4 is 36.6 Å². The van der Waals surface area contributed by atoms with E-state index in [1.165, 1.54) is 31.8 Å². The molecular formula is C38H34OP2. The highest BCUT2D eigenvalue weighted by Gasteiger charge is 2.23. The quantitative estimate of drug-likeness (QED) is 0.169. The molecule has 0 aliphatic heterocycles. The highest BCUT2D eigenvalue weighted by molar-refractivity contribution is 7.80. The van der Waals surface area contributed by atoms with Crippen molar-refractivity contribution in [3.63, 3.8) is 0 Å². The molecule has 6 aromatic carbocycles. The number of para-hydroxylation sites is 2. The first-order valence-electron chi connectivity index (χ1n) is 14.0. The van der Waals surface area contributed by atoms with E-state index in [2.05, 4.69) is 170 Å². The van der Waals surface area contributed by atoms with E-state index in [1.54, 1.807) is 0 Å². The molecule has 41 heavy (non-hydrogen) atoms. The van der Waals surface area contributed by atoms with Gasteiger partial charge in [-0.1, -0.05) is 172 Å². The van der Waals surface area contributed by atoms with Gasteiger partial charge in [0, 0.05) is 10.6 Å². The zero-order valence-corrected chi connectivity index (χ0v) is 25.3. The Morgan fingerprint density at radius 2 is 0.561 bits per heavy atom. The van der Waals surface area contributed by atoms with Gasteiger partial charge >= 0.3 is 0 Å². The fourth-order valence-corrected chi connectivity index (χ4v) is 9.48. The van der Waals surface area contributed by atoms with E-state index in [-0.39, 0.29) is 0 Å². The first-order chi connectivity index (χ1) is 20.4. The lowest BCUT2D eigenvalue weighted by Crippen LogP contribution is -2.23. The van der Waals surface area contributed by atoms with Gasteiger partial charge in [0.25, 0.3) is 0 Å². The predicted molar refractivity (Wildman–Crippen MR) is 182 cm³/mol. The molecule has 6 rings (SSSR count). The molecule has 0 saturated heterocycles. The molecule has 202 valence electrons. The third kappa shape index (κ3) is 6.83. The first-order valence-corrected chi connectivity index (χ1v) is 16.7. The van der Waals surface area contributed by atoms with Crippen molar-refractivity contribution in [2.24, 2.45) is 0 Å². The highest BCUT2D eigenvalue weighted by Crippen LogP contribution is 2.40. The molecule has 0 spiro atoms. The Morgan fingerprint density at radius 1 is 0.317 bits per heavy atom. The van der Waals surface area contributed by atoms with Gasteiger partial charge in [-0.25, -0.2) is 0 Å². The van der Waals surface area contributed by atoms with Crippen molar-refractivity contribution in [1.29, 1.82) is 0 Å². The van der Waals surface area contributed by atoms with Crippen LogP contribution in [-0.4, -0.2) is 0 Å². The number of ether oxygens (including phenoxy) is 1. The van der Waals surface area contributed by atoms with Crippen molar-refractivity contribution in [2.75, 3.05) is 0 Å². The molecule has 0 aliphatic carbocycles. The number of rotatable bonds is 8. The SMILES string of the molecule is CC.c1ccc(P(c2ccccc2)c2ccccc2Oc2ccccc2P(c2ccccc2)c2ccccc2)cc1. The molecule has 0 atom stereocenters. The maximum atomic E-state index is 6.92. The van der Waals surface area contributed by atoms with Crippen LogP contribution in [-0.2, 0) is 0 Å². The van der Waals surface area contributed by atoms with Crippen LogP contribution in [0.25, 0.3) is 0 Å². The number of hydrogen-bond acceptors (Lipinski definition) is 1. The van der Waals surface area contributed by atoms with E-state index in [1.807, 2.05) is 13.8 Å². The lowest BCUT2D eigenvalue weighted by atomic mass is 10.3. The van der Waals surface area contributed by atoms with Crippen molar-refractivity contribution in [2.45, 2.75) is 13.8 Å².